The third kappa shape index (κ3) is 5.48. The highest BCUT2D eigenvalue weighted by Crippen LogP contribution is 2.31. The first kappa shape index (κ1) is 21.5. The zero-order valence-electron chi connectivity index (χ0n) is 17.6. The topological polar surface area (TPSA) is 103 Å². The summed E-state index contributed by atoms with van der Waals surface area (Å²) in [5, 5.41) is 10.7. The molecule has 2 aromatic rings. The number of anilines is 2. The van der Waals surface area contributed by atoms with Gasteiger partial charge in [0.25, 0.3) is 0 Å². The number of aromatic nitrogens is 1. The molecule has 2 heterocycles. The van der Waals surface area contributed by atoms with Crippen LogP contribution in [0.15, 0.2) is 23.6 Å². The predicted molar refractivity (Wildman–Crippen MR) is 121 cm³/mol. The maximum atomic E-state index is 13.0. The average Bonchev–Trinajstić information content (AvgIpc) is 3.41. The average molecular weight is 442 g/mol. The zero-order valence-corrected chi connectivity index (χ0v) is 18.4. The quantitative estimate of drug-likeness (QED) is 0.596. The lowest BCUT2D eigenvalue weighted by molar-refractivity contribution is -0.124. The molecule has 9 heteroatoms. The van der Waals surface area contributed by atoms with Gasteiger partial charge >= 0.3 is 6.03 Å². The Labute approximate surface area is 185 Å². The van der Waals surface area contributed by atoms with Crippen LogP contribution >= 0.6 is 11.3 Å². The van der Waals surface area contributed by atoms with Crippen LogP contribution in [0.5, 0.6) is 0 Å². The van der Waals surface area contributed by atoms with Crippen molar-refractivity contribution in [2.75, 3.05) is 30.3 Å². The van der Waals surface area contributed by atoms with Gasteiger partial charge in [-0.25, -0.2) is 9.78 Å². The van der Waals surface area contributed by atoms with E-state index in [1.54, 1.807) is 6.07 Å². The Bertz CT molecular complexity index is 983. The number of carbonyl (C=O) groups is 3. The minimum Gasteiger partial charge on any atom is -0.354 e. The summed E-state index contributed by atoms with van der Waals surface area (Å²) in [4.78, 5) is 43.5. The van der Waals surface area contributed by atoms with Crippen molar-refractivity contribution in [1.29, 1.82) is 0 Å². The molecule has 1 aromatic heterocycles. The van der Waals surface area contributed by atoms with Gasteiger partial charge in [0.15, 0.2) is 10.9 Å². The van der Waals surface area contributed by atoms with Crippen molar-refractivity contribution < 1.29 is 14.4 Å². The molecule has 0 bridgehead atoms. The molecule has 0 radical (unpaired) electrons. The minimum absolute atomic E-state index is 0.0141. The monoisotopic (exact) mass is 441 g/mol. The van der Waals surface area contributed by atoms with Crippen molar-refractivity contribution in [3.05, 3.63) is 40.4 Å². The maximum absolute atomic E-state index is 13.0. The van der Waals surface area contributed by atoms with E-state index in [1.165, 1.54) is 11.3 Å². The summed E-state index contributed by atoms with van der Waals surface area (Å²) in [5.74, 6) is 0.169. The lowest BCUT2D eigenvalue weighted by Gasteiger charge is -2.25. The van der Waals surface area contributed by atoms with Crippen LogP contribution in [0.25, 0.3) is 0 Å². The number of rotatable bonds is 6. The zero-order chi connectivity index (χ0) is 21.8. The van der Waals surface area contributed by atoms with E-state index in [-0.39, 0.29) is 17.6 Å². The van der Waals surface area contributed by atoms with Crippen LogP contribution in [0.1, 0.15) is 47.3 Å². The molecule has 2 aliphatic rings. The molecule has 0 atom stereocenters. The summed E-state index contributed by atoms with van der Waals surface area (Å²) >= 11 is 1.33. The molecule has 0 spiro atoms. The van der Waals surface area contributed by atoms with E-state index in [4.69, 9.17) is 0 Å². The minimum atomic E-state index is -0.428. The number of ketones is 1. The van der Waals surface area contributed by atoms with Crippen molar-refractivity contribution in [3.8, 4) is 0 Å². The molecule has 164 valence electrons. The van der Waals surface area contributed by atoms with Crippen LogP contribution in [0.3, 0.4) is 0 Å². The second kappa shape index (κ2) is 9.57. The highest BCUT2D eigenvalue weighted by molar-refractivity contribution is 7.13. The second-order valence-electron chi connectivity index (χ2n) is 8.18. The van der Waals surface area contributed by atoms with Crippen molar-refractivity contribution in [2.45, 2.75) is 39.2 Å². The van der Waals surface area contributed by atoms with E-state index in [0.717, 1.165) is 43.5 Å². The van der Waals surface area contributed by atoms with Crippen LogP contribution in [-0.4, -0.2) is 47.2 Å². The van der Waals surface area contributed by atoms with Crippen LogP contribution in [0.4, 0.5) is 15.6 Å². The fraction of sp³-hybridized carbons (Fsp3) is 0.455. The molecular formula is C22H27N5O3S. The summed E-state index contributed by atoms with van der Waals surface area (Å²) in [6.45, 7) is 4.27. The number of hydrogen-bond donors (Lipinski definition) is 3. The largest absolute Gasteiger partial charge is 0.354 e. The Morgan fingerprint density at radius 1 is 1.26 bits per heavy atom. The van der Waals surface area contributed by atoms with Crippen LogP contribution in [-0.2, 0) is 11.3 Å². The Kier molecular flexibility index (Phi) is 6.62. The van der Waals surface area contributed by atoms with Gasteiger partial charge in [-0.05, 0) is 31.9 Å². The molecular weight excluding hydrogens is 414 g/mol. The molecule has 1 aliphatic carbocycles. The lowest BCUT2D eigenvalue weighted by Crippen LogP contribution is -2.47. The summed E-state index contributed by atoms with van der Waals surface area (Å²) in [6, 6.07) is 5.10. The van der Waals surface area contributed by atoms with Gasteiger partial charge in [0.1, 0.15) is 0 Å². The Hall–Kier alpha value is -2.78. The number of nitrogens with zero attached hydrogens (tertiary/aromatic N) is 2. The third-order valence-electron chi connectivity index (χ3n) is 5.69. The fourth-order valence-electron chi connectivity index (χ4n) is 4.12. The number of thiazole rings is 1. The number of piperazine rings is 1. The summed E-state index contributed by atoms with van der Waals surface area (Å²) in [6.07, 6.45) is 4.00. The Morgan fingerprint density at radius 2 is 2.06 bits per heavy atom. The van der Waals surface area contributed by atoms with Crippen molar-refractivity contribution in [1.82, 2.24) is 15.2 Å². The Morgan fingerprint density at radius 3 is 2.84 bits per heavy atom. The number of nitrogens with one attached hydrogen (secondary N) is 3. The van der Waals surface area contributed by atoms with E-state index in [1.807, 2.05) is 29.3 Å². The number of Topliss-reactive ketones (excluding diaryl/α,β-unsaturated/α-hetero) is 1. The number of benzene rings is 1. The van der Waals surface area contributed by atoms with Gasteiger partial charge in [-0.3, -0.25) is 19.8 Å². The fourth-order valence-corrected chi connectivity index (χ4v) is 4.82. The first-order valence-electron chi connectivity index (χ1n) is 10.6. The molecule has 1 saturated carbocycles. The normalized spacial score (nSPS) is 17.4. The second-order valence-corrected chi connectivity index (χ2v) is 9.04. The molecule has 4 rings (SSSR count). The van der Waals surface area contributed by atoms with Gasteiger partial charge in [0.05, 0.1) is 17.9 Å². The van der Waals surface area contributed by atoms with Gasteiger partial charge in [-0.1, -0.05) is 24.5 Å². The van der Waals surface area contributed by atoms with Crippen molar-refractivity contribution in [2.24, 2.45) is 5.92 Å². The van der Waals surface area contributed by atoms with Gasteiger partial charge in [-0.2, -0.15) is 0 Å². The van der Waals surface area contributed by atoms with Crippen molar-refractivity contribution >= 4 is 39.9 Å². The Balaban J connectivity index is 1.38. The number of hydrogen-bond acceptors (Lipinski definition) is 6. The highest BCUT2D eigenvalue weighted by Gasteiger charge is 2.26. The third-order valence-corrected chi connectivity index (χ3v) is 6.50. The molecule has 1 aromatic carbocycles. The highest BCUT2D eigenvalue weighted by atomic mass is 32.1. The van der Waals surface area contributed by atoms with E-state index >= 15 is 0 Å². The van der Waals surface area contributed by atoms with E-state index < -0.39 is 6.03 Å². The van der Waals surface area contributed by atoms with Gasteiger partial charge in [0.2, 0.25) is 5.91 Å². The summed E-state index contributed by atoms with van der Waals surface area (Å²) in [5.41, 5.74) is 2.90. The summed E-state index contributed by atoms with van der Waals surface area (Å²) in [7, 11) is 0. The molecule has 31 heavy (non-hydrogen) atoms. The molecule has 2 fully saturated rings. The van der Waals surface area contributed by atoms with E-state index in [9.17, 15) is 14.4 Å². The number of urea groups is 1. The standard InChI is InChI=1S/C22H27N5O3S/c1-14-6-7-18(17(10-14)20(29)15-4-2-3-5-15)25-21(30)26-22-24-16(13-31-22)11-27-9-8-23-19(28)12-27/h6-7,10,13,15H,2-5,8-9,11-12H2,1H3,(H,23,28)(H2,24,25,26,30). The smallest absolute Gasteiger partial charge is 0.325 e. The van der Waals surface area contributed by atoms with Gasteiger partial charge in [-0.15, -0.1) is 11.3 Å². The predicted octanol–water partition coefficient (Wildman–Crippen LogP) is 3.40. The maximum Gasteiger partial charge on any atom is 0.325 e. The molecule has 8 nitrogen and oxygen atoms in total. The van der Waals surface area contributed by atoms with E-state index in [0.29, 0.717) is 36.0 Å². The van der Waals surface area contributed by atoms with Crippen LogP contribution in [0, 0.1) is 12.8 Å². The first-order valence-corrected chi connectivity index (χ1v) is 11.5. The lowest BCUT2D eigenvalue weighted by atomic mass is 9.94. The molecule has 0 unspecified atom stereocenters. The number of carbonyl (C=O) groups excluding carboxylic acids is 3. The molecule has 1 saturated heterocycles. The van der Waals surface area contributed by atoms with Gasteiger partial charge in [0, 0.05) is 36.5 Å². The van der Waals surface area contributed by atoms with Crippen molar-refractivity contribution in [3.63, 3.8) is 0 Å². The summed E-state index contributed by atoms with van der Waals surface area (Å²) < 4.78 is 0. The van der Waals surface area contributed by atoms with Gasteiger partial charge < -0.3 is 10.6 Å². The van der Waals surface area contributed by atoms with E-state index in [2.05, 4.69) is 20.9 Å². The number of aryl methyl sites for hydroxylation is 1. The first-order chi connectivity index (χ1) is 15.0. The molecule has 1 aliphatic heterocycles. The van der Waals surface area contributed by atoms with Crippen LogP contribution < -0.4 is 16.0 Å². The number of amides is 3. The van der Waals surface area contributed by atoms with Crippen LogP contribution in [0.2, 0.25) is 0 Å². The molecule has 3 amide bonds. The SMILES string of the molecule is Cc1ccc(NC(=O)Nc2nc(CN3CCNC(=O)C3)cs2)c(C(=O)C2CCCC2)c1. The molecule has 3 N–H and O–H groups in total.